The molecule has 0 N–H and O–H groups in total. The van der Waals surface area contributed by atoms with Crippen LogP contribution in [0.4, 0.5) is 4.70 Å². The first-order chi connectivity index (χ1) is 8.27. The zero-order valence-electron chi connectivity index (χ0n) is 12.0. The van der Waals surface area contributed by atoms with Crippen molar-refractivity contribution >= 4 is 22.5 Å². The third kappa shape index (κ3) is 3.86. The van der Waals surface area contributed by atoms with Crippen molar-refractivity contribution < 1.29 is 4.70 Å². The Labute approximate surface area is 126 Å². The number of hydrogen-bond acceptors (Lipinski definition) is 0. The first kappa shape index (κ1) is 16.8. The third-order valence-electron chi connectivity index (χ3n) is 5.33. The first-order valence-corrected chi connectivity index (χ1v) is 9.45. The van der Waals surface area contributed by atoms with Crippen molar-refractivity contribution in [3.05, 3.63) is 0 Å². The van der Waals surface area contributed by atoms with E-state index in [4.69, 9.17) is 0 Å². The largest absolute Gasteiger partial charge is 0.269 e. The van der Waals surface area contributed by atoms with Crippen LogP contribution in [-0.4, -0.2) is 22.5 Å². The van der Waals surface area contributed by atoms with Gasteiger partial charge in [-0.1, -0.05) is 0 Å². The summed E-state index contributed by atoms with van der Waals surface area (Å²) in [4.78, 5) is 0. The summed E-state index contributed by atoms with van der Waals surface area (Å²) in [5.41, 5.74) is 0. The van der Waals surface area contributed by atoms with Gasteiger partial charge in [-0.05, 0) is 0 Å². The molecule has 2 aliphatic carbocycles. The molecule has 3 radical (unpaired) electrons. The van der Waals surface area contributed by atoms with Gasteiger partial charge in [-0.15, -0.1) is 0 Å². The van der Waals surface area contributed by atoms with Crippen molar-refractivity contribution in [2.24, 2.45) is 11.8 Å². The second-order valence-electron chi connectivity index (χ2n) is 6.46. The number of hydrogen-bond donors (Lipinski definition) is 0. The normalized spacial score (nSPS) is 23.7. The van der Waals surface area contributed by atoms with E-state index in [0.29, 0.717) is 0 Å². The van der Waals surface area contributed by atoms with Gasteiger partial charge in [0.15, 0.2) is 0 Å². The van der Waals surface area contributed by atoms with Crippen LogP contribution in [0.5, 0.6) is 0 Å². The maximum absolute atomic E-state index is 2.41. The van der Waals surface area contributed by atoms with Crippen molar-refractivity contribution in [2.75, 3.05) is 0 Å². The molecule has 0 aromatic carbocycles. The van der Waals surface area contributed by atoms with Crippen LogP contribution >= 0.6 is 0 Å². The molecule has 0 saturated heterocycles. The van der Waals surface area contributed by atoms with Crippen molar-refractivity contribution in [2.45, 2.75) is 87.4 Å². The van der Waals surface area contributed by atoms with Crippen LogP contribution in [-0.2, 0) is 0 Å². The minimum absolute atomic E-state index is 0. The van der Waals surface area contributed by atoms with Gasteiger partial charge in [-0.2, -0.15) is 0 Å². The average molecular weight is 360 g/mol. The van der Waals surface area contributed by atoms with Gasteiger partial charge in [-0.25, -0.2) is 0 Å². The van der Waals surface area contributed by atoms with Gasteiger partial charge in [0.05, 0.1) is 0 Å². The molecule has 2 aliphatic rings. The van der Waals surface area contributed by atoms with Crippen molar-refractivity contribution in [3.8, 4) is 0 Å². The topological polar surface area (TPSA) is 0 Å². The van der Waals surface area contributed by atoms with Crippen molar-refractivity contribution in [3.63, 3.8) is 0 Å². The van der Waals surface area contributed by atoms with E-state index in [1.807, 2.05) is 22.5 Å². The van der Waals surface area contributed by atoms with Gasteiger partial charge < -0.3 is 0 Å². The molecule has 0 aromatic heterocycles. The fourth-order valence-corrected chi connectivity index (χ4v) is 6.75. The van der Waals surface area contributed by atoms with Crippen LogP contribution in [0.1, 0.15) is 84.0 Å². The van der Waals surface area contributed by atoms with Gasteiger partial charge in [0.2, 0.25) is 0 Å². The molecule has 2 rings (SSSR count). The van der Waals surface area contributed by atoms with Gasteiger partial charge in [0, 0.05) is 0 Å². The van der Waals surface area contributed by atoms with E-state index in [-0.39, 0.29) is 4.70 Å². The van der Waals surface area contributed by atoms with Crippen molar-refractivity contribution in [1.82, 2.24) is 0 Å². The molecule has 0 aliphatic heterocycles. The number of rotatable bonds is 4. The molecule has 0 amide bonds. The van der Waals surface area contributed by atoms with E-state index in [0.717, 1.165) is 15.3 Å². The van der Waals surface area contributed by atoms with Crippen molar-refractivity contribution in [1.29, 1.82) is 0 Å². The Morgan fingerprint density at radius 2 is 1.22 bits per heavy atom. The average Bonchev–Trinajstić information content (AvgIpc) is 2.41. The van der Waals surface area contributed by atoms with Crippen LogP contribution in [0.15, 0.2) is 0 Å². The predicted octanol–water partition coefficient (Wildman–Crippen LogP) is 5.43. The Morgan fingerprint density at radius 3 is 1.56 bits per heavy atom. The zero-order chi connectivity index (χ0) is 12.1. The van der Waals surface area contributed by atoms with Crippen LogP contribution < -0.4 is 0 Å². The third-order valence-corrected chi connectivity index (χ3v) is 8.37. The SMILES string of the molecule is CCC[C]([Sn])(C1CCCCC1)C1CCCCC1.F. The van der Waals surface area contributed by atoms with Gasteiger partial charge in [0.25, 0.3) is 0 Å². The summed E-state index contributed by atoms with van der Waals surface area (Å²) in [5, 5.41) is 0. The van der Waals surface area contributed by atoms with E-state index in [1.165, 1.54) is 51.4 Å². The smallest absolute Gasteiger partial charge is 0.269 e. The molecule has 2 saturated carbocycles. The Bertz CT molecular complexity index is 199. The second kappa shape index (κ2) is 8.11. The molecule has 2 heteroatoms. The van der Waals surface area contributed by atoms with Crippen LogP contribution in [0.2, 0.25) is 3.43 Å². The van der Waals surface area contributed by atoms with Gasteiger partial charge in [0.1, 0.15) is 0 Å². The molecular formula is C16H30FSn. The maximum atomic E-state index is 2.41. The summed E-state index contributed by atoms with van der Waals surface area (Å²) in [7, 11) is 0. The molecule has 105 valence electrons. The van der Waals surface area contributed by atoms with E-state index in [1.54, 1.807) is 25.7 Å². The minimum atomic E-state index is 0. The molecule has 0 spiro atoms. The van der Waals surface area contributed by atoms with Gasteiger partial charge in [-0.3, -0.25) is 4.70 Å². The second-order valence-corrected chi connectivity index (χ2v) is 9.12. The molecule has 0 bridgehead atoms. The molecule has 0 unspecified atom stereocenters. The Hall–Kier alpha value is 0.729. The van der Waals surface area contributed by atoms with Crippen LogP contribution in [0.25, 0.3) is 0 Å². The molecule has 0 heterocycles. The predicted molar refractivity (Wildman–Crippen MR) is 79.0 cm³/mol. The van der Waals surface area contributed by atoms with E-state index in [9.17, 15) is 0 Å². The molecular weight excluding hydrogens is 330 g/mol. The summed E-state index contributed by atoms with van der Waals surface area (Å²) in [6, 6.07) is 0. The minimum Gasteiger partial charge on any atom is -0.269 e. The Kier molecular flexibility index (Phi) is 7.56. The molecule has 0 aromatic rings. The standard InChI is InChI=1S/C16H29.FH.Sn/c1-2-9-16(14-10-5-3-6-11-14)15-12-7-4-8-13-15;;/h14-15H,2-13H2,1H3;1H;. The fourth-order valence-electron chi connectivity index (χ4n) is 4.39. The molecule has 2 fully saturated rings. The zero-order valence-corrected chi connectivity index (χ0v) is 14.9. The maximum Gasteiger partial charge on any atom is -0.269 e. The number of halogens is 1. The summed E-state index contributed by atoms with van der Waals surface area (Å²) >= 11 is 1.88. The monoisotopic (exact) mass is 361 g/mol. The summed E-state index contributed by atoms with van der Waals surface area (Å²) < 4.78 is 0.780. The molecule has 0 atom stereocenters. The van der Waals surface area contributed by atoms with Crippen LogP contribution in [0.3, 0.4) is 0 Å². The quantitative estimate of drug-likeness (QED) is 0.587. The summed E-state index contributed by atoms with van der Waals surface area (Å²) in [6.45, 7) is 2.41. The molecule has 18 heavy (non-hydrogen) atoms. The van der Waals surface area contributed by atoms with E-state index < -0.39 is 0 Å². The van der Waals surface area contributed by atoms with Crippen LogP contribution in [0, 0.1) is 11.8 Å². The van der Waals surface area contributed by atoms with Gasteiger partial charge >= 0.3 is 122 Å². The Morgan fingerprint density at radius 1 is 0.833 bits per heavy atom. The fraction of sp³-hybridized carbons (Fsp3) is 1.00. The van der Waals surface area contributed by atoms with E-state index in [2.05, 4.69) is 6.92 Å². The van der Waals surface area contributed by atoms with E-state index >= 15 is 0 Å². The summed E-state index contributed by atoms with van der Waals surface area (Å²) in [5.74, 6) is 2.19. The summed E-state index contributed by atoms with van der Waals surface area (Å²) in [6.07, 6.45) is 18.3. The first-order valence-electron chi connectivity index (χ1n) is 8.02. The molecule has 0 nitrogen and oxygen atoms in total. The Balaban J connectivity index is 0.00000162.